The van der Waals surface area contributed by atoms with Gasteiger partial charge in [0.2, 0.25) is 0 Å². The van der Waals surface area contributed by atoms with E-state index in [1.54, 1.807) is 48.5 Å². The van der Waals surface area contributed by atoms with E-state index in [0.29, 0.717) is 22.7 Å². The number of ether oxygens (including phenoxy) is 1. The van der Waals surface area contributed by atoms with E-state index in [9.17, 15) is 13.2 Å². The first-order chi connectivity index (χ1) is 13.4. The zero-order valence-electron chi connectivity index (χ0n) is 15.5. The highest BCUT2D eigenvalue weighted by Gasteiger charge is 2.14. The maximum Gasteiger partial charge on any atom is 0.261 e. The molecule has 0 atom stereocenters. The molecule has 2 N–H and O–H groups in total. The van der Waals surface area contributed by atoms with Crippen molar-refractivity contribution < 1.29 is 17.9 Å². The molecule has 28 heavy (non-hydrogen) atoms. The molecule has 3 aromatic rings. The van der Waals surface area contributed by atoms with E-state index in [0.717, 1.165) is 5.56 Å². The molecular weight excluding hydrogens is 376 g/mol. The summed E-state index contributed by atoms with van der Waals surface area (Å²) in [6.07, 6.45) is 0. The van der Waals surface area contributed by atoms with Crippen molar-refractivity contribution in [3.63, 3.8) is 0 Å². The Morgan fingerprint density at radius 2 is 1.54 bits per heavy atom. The Bertz CT molecular complexity index is 1080. The number of benzene rings is 3. The summed E-state index contributed by atoms with van der Waals surface area (Å²) >= 11 is 0. The zero-order chi connectivity index (χ0) is 20.1. The summed E-state index contributed by atoms with van der Waals surface area (Å²) in [6.45, 7) is 1.93. The summed E-state index contributed by atoms with van der Waals surface area (Å²) in [5.41, 5.74) is 2.46. The minimum absolute atomic E-state index is 0.104. The summed E-state index contributed by atoms with van der Waals surface area (Å²) in [6, 6.07) is 19.8. The van der Waals surface area contributed by atoms with Gasteiger partial charge in [0.15, 0.2) is 0 Å². The van der Waals surface area contributed by atoms with Gasteiger partial charge in [0.25, 0.3) is 15.9 Å². The number of carbonyl (C=O) groups excluding carboxylic acids is 1. The summed E-state index contributed by atoms with van der Waals surface area (Å²) in [5.74, 6) is 0.267. The van der Waals surface area contributed by atoms with Crippen molar-refractivity contribution in [1.29, 1.82) is 0 Å². The van der Waals surface area contributed by atoms with Gasteiger partial charge in [0.05, 0.1) is 12.0 Å². The molecule has 0 radical (unpaired) electrons. The predicted octanol–water partition coefficient (Wildman–Crippen LogP) is 4.06. The lowest BCUT2D eigenvalue weighted by atomic mass is 10.2. The van der Waals surface area contributed by atoms with Crippen LogP contribution in [-0.4, -0.2) is 21.4 Å². The molecular formula is C21H20N2O4S. The second kappa shape index (κ2) is 8.14. The van der Waals surface area contributed by atoms with Gasteiger partial charge >= 0.3 is 0 Å². The van der Waals surface area contributed by atoms with Crippen LogP contribution >= 0.6 is 0 Å². The van der Waals surface area contributed by atoms with Gasteiger partial charge < -0.3 is 10.1 Å². The van der Waals surface area contributed by atoms with Crippen LogP contribution in [0.25, 0.3) is 0 Å². The van der Waals surface area contributed by atoms with Crippen LogP contribution in [0.3, 0.4) is 0 Å². The van der Waals surface area contributed by atoms with Gasteiger partial charge in [-0.25, -0.2) is 8.42 Å². The Balaban J connectivity index is 1.71. The Labute approximate surface area is 164 Å². The average molecular weight is 396 g/mol. The lowest BCUT2D eigenvalue weighted by molar-refractivity contribution is 0.102. The summed E-state index contributed by atoms with van der Waals surface area (Å²) < 4.78 is 32.6. The van der Waals surface area contributed by atoms with Crippen LogP contribution in [0.15, 0.2) is 77.7 Å². The number of carbonyl (C=O) groups is 1. The standard InChI is InChI=1S/C21H20N2O4S/c1-15-6-8-18(9-7-15)23-28(25,26)20-12-10-17(11-13-20)22-21(24)16-4-3-5-19(14-16)27-2/h3-14,23H,1-2H3,(H,22,24). The van der Waals surface area contributed by atoms with Gasteiger partial charge in [-0.3, -0.25) is 9.52 Å². The summed E-state index contributed by atoms with van der Waals surface area (Å²) in [4.78, 5) is 12.4. The van der Waals surface area contributed by atoms with Crippen molar-refractivity contribution in [3.05, 3.63) is 83.9 Å². The molecule has 0 aromatic heterocycles. The van der Waals surface area contributed by atoms with Gasteiger partial charge in [-0.2, -0.15) is 0 Å². The number of sulfonamides is 1. The minimum atomic E-state index is -3.71. The molecule has 6 nitrogen and oxygen atoms in total. The molecule has 7 heteroatoms. The monoisotopic (exact) mass is 396 g/mol. The van der Waals surface area contributed by atoms with Crippen LogP contribution in [0.2, 0.25) is 0 Å². The smallest absolute Gasteiger partial charge is 0.261 e. The fourth-order valence-corrected chi connectivity index (χ4v) is 3.58. The molecule has 3 rings (SSSR count). The number of anilines is 2. The van der Waals surface area contributed by atoms with Crippen LogP contribution in [0.4, 0.5) is 11.4 Å². The van der Waals surface area contributed by atoms with Gasteiger partial charge in [-0.1, -0.05) is 23.8 Å². The molecule has 0 fully saturated rings. The Kier molecular flexibility index (Phi) is 5.65. The molecule has 0 spiro atoms. The van der Waals surface area contributed by atoms with Crippen molar-refractivity contribution in [1.82, 2.24) is 0 Å². The van der Waals surface area contributed by atoms with E-state index < -0.39 is 10.0 Å². The van der Waals surface area contributed by atoms with Crippen LogP contribution in [0, 0.1) is 6.92 Å². The highest BCUT2D eigenvalue weighted by atomic mass is 32.2. The van der Waals surface area contributed by atoms with Crippen molar-refractivity contribution in [2.75, 3.05) is 17.1 Å². The van der Waals surface area contributed by atoms with E-state index in [1.165, 1.54) is 19.2 Å². The Hall–Kier alpha value is -3.32. The van der Waals surface area contributed by atoms with Crippen LogP contribution < -0.4 is 14.8 Å². The largest absolute Gasteiger partial charge is 0.497 e. The topological polar surface area (TPSA) is 84.5 Å². The summed E-state index contributed by atoms with van der Waals surface area (Å²) in [5, 5.41) is 2.73. The van der Waals surface area contributed by atoms with Gasteiger partial charge in [0, 0.05) is 16.9 Å². The average Bonchev–Trinajstić information content (AvgIpc) is 2.70. The molecule has 0 aliphatic rings. The van der Waals surface area contributed by atoms with E-state index in [4.69, 9.17) is 4.74 Å². The van der Waals surface area contributed by atoms with E-state index in [-0.39, 0.29) is 10.8 Å². The second-order valence-corrected chi connectivity index (χ2v) is 7.86. The lowest BCUT2D eigenvalue weighted by Gasteiger charge is -2.10. The third-order valence-corrected chi connectivity index (χ3v) is 5.46. The van der Waals surface area contributed by atoms with Crippen LogP contribution in [0.5, 0.6) is 5.75 Å². The molecule has 1 amide bonds. The number of hydrogen-bond acceptors (Lipinski definition) is 4. The Morgan fingerprint density at radius 3 is 2.18 bits per heavy atom. The van der Waals surface area contributed by atoms with Crippen LogP contribution in [-0.2, 0) is 10.0 Å². The van der Waals surface area contributed by atoms with Gasteiger partial charge in [0.1, 0.15) is 5.75 Å². The maximum atomic E-state index is 12.5. The first kappa shape index (κ1) is 19.4. The number of methoxy groups -OCH3 is 1. The van der Waals surface area contributed by atoms with E-state index >= 15 is 0 Å². The molecule has 0 heterocycles. The molecule has 0 unspecified atom stereocenters. The molecule has 144 valence electrons. The molecule has 0 saturated heterocycles. The van der Waals surface area contributed by atoms with Gasteiger partial charge in [-0.15, -0.1) is 0 Å². The maximum absolute atomic E-state index is 12.5. The second-order valence-electron chi connectivity index (χ2n) is 6.18. The number of nitrogens with one attached hydrogen (secondary N) is 2. The van der Waals surface area contributed by atoms with Crippen molar-refractivity contribution in [3.8, 4) is 5.75 Å². The third-order valence-electron chi connectivity index (χ3n) is 4.06. The minimum Gasteiger partial charge on any atom is -0.497 e. The molecule has 0 aliphatic heterocycles. The third kappa shape index (κ3) is 4.69. The highest BCUT2D eigenvalue weighted by Crippen LogP contribution is 2.20. The first-order valence-electron chi connectivity index (χ1n) is 8.52. The van der Waals surface area contributed by atoms with Gasteiger partial charge in [-0.05, 0) is 61.5 Å². The van der Waals surface area contributed by atoms with Crippen molar-refractivity contribution in [2.45, 2.75) is 11.8 Å². The van der Waals surface area contributed by atoms with E-state index in [2.05, 4.69) is 10.0 Å². The Morgan fingerprint density at radius 1 is 0.893 bits per heavy atom. The molecule has 0 saturated carbocycles. The lowest BCUT2D eigenvalue weighted by Crippen LogP contribution is -2.14. The van der Waals surface area contributed by atoms with E-state index in [1.807, 2.05) is 19.1 Å². The number of amides is 1. The fourth-order valence-electron chi connectivity index (χ4n) is 2.52. The van der Waals surface area contributed by atoms with Crippen molar-refractivity contribution in [2.24, 2.45) is 0 Å². The molecule has 0 aliphatic carbocycles. The number of rotatable bonds is 6. The normalized spacial score (nSPS) is 10.9. The number of aryl methyl sites for hydroxylation is 1. The van der Waals surface area contributed by atoms with Crippen molar-refractivity contribution >= 4 is 27.3 Å². The predicted molar refractivity (Wildman–Crippen MR) is 109 cm³/mol. The summed E-state index contributed by atoms with van der Waals surface area (Å²) in [7, 11) is -2.18. The zero-order valence-corrected chi connectivity index (χ0v) is 16.3. The SMILES string of the molecule is COc1cccc(C(=O)Nc2ccc(S(=O)(=O)Nc3ccc(C)cc3)cc2)c1. The molecule has 3 aromatic carbocycles. The number of hydrogen-bond donors (Lipinski definition) is 2. The highest BCUT2D eigenvalue weighted by molar-refractivity contribution is 7.92. The first-order valence-corrected chi connectivity index (χ1v) is 10.0. The van der Waals surface area contributed by atoms with Crippen LogP contribution in [0.1, 0.15) is 15.9 Å². The quantitative estimate of drug-likeness (QED) is 0.658. The fraction of sp³-hybridized carbons (Fsp3) is 0.0952. The molecule has 0 bridgehead atoms.